The third kappa shape index (κ3) is 5.91. The highest BCUT2D eigenvalue weighted by molar-refractivity contribution is 5.40. The molecule has 0 aliphatic rings. The maximum Gasteiger partial charge on any atom is 0.128 e. The summed E-state index contributed by atoms with van der Waals surface area (Å²) in [7, 11) is 0. The van der Waals surface area contributed by atoms with Gasteiger partial charge in [-0.3, -0.25) is 0 Å². The lowest BCUT2D eigenvalue weighted by molar-refractivity contribution is 0.424. The molecule has 0 aliphatic heterocycles. The van der Waals surface area contributed by atoms with Crippen LogP contribution in [-0.2, 0) is 6.54 Å². The number of nitrogens with one attached hydrogen (secondary N) is 1. The van der Waals surface area contributed by atoms with E-state index in [4.69, 9.17) is 0 Å². The number of anilines is 1. The van der Waals surface area contributed by atoms with Crippen molar-refractivity contribution in [2.45, 2.75) is 66.6 Å². The van der Waals surface area contributed by atoms with E-state index < -0.39 is 0 Å². The van der Waals surface area contributed by atoms with Crippen LogP contribution in [-0.4, -0.2) is 23.1 Å². The maximum absolute atomic E-state index is 4.64. The first-order valence-electron chi connectivity index (χ1n) is 7.65. The fourth-order valence-electron chi connectivity index (χ4n) is 2.02. The Hall–Kier alpha value is -1.09. The van der Waals surface area contributed by atoms with Crippen LogP contribution in [0.4, 0.5) is 5.82 Å². The molecule has 0 atom stereocenters. The van der Waals surface area contributed by atoms with Crippen LogP contribution in [0.2, 0.25) is 0 Å². The van der Waals surface area contributed by atoms with Crippen LogP contribution < -0.4 is 10.2 Å². The van der Waals surface area contributed by atoms with Crippen molar-refractivity contribution in [1.82, 2.24) is 10.3 Å². The summed E-state index contributed by atoms with van der Waals surface area (Å²) >= 11 is 0. The maximum atomic E-state index is 4.64. The molecule has 0 amide bonds. The van der Waals surface area contributed by atoms with Gasteiger partial charge in [0.05, 0.1) is 0 Å². The molecular formula is C17H31N3. The first-order chi connectivity index (χ1) is 9.19. The van der Waals surface area contributed by atoms with Crippen molar-refractivity contribution in [3.63, 3.8) is 0 Å². The summed E-state index contributed by atoms with van der Waals surface area (Å²) in [6.45, 7) is 17.4. The summed E-state index contributed by atoms with van der Waals surface area (Å²) in [5.41, 5.74) is 1.37. The van der Waals surface area contributed by atoms with Crippen molar-refractivity contribution < 1.29 is 0 Å². The van der Waals surface area contributed by atoms with Crippen molar-refractivity contribution in [3.05, 3.63) is 23.9 Å². The molecule has 0 fully saturated rings. The number of pyridine rings is 1. The summed E-state index contributed by atoms with van der Waals surface area (Å²) in [5.74, 6) is 1.72. The van der Waals surface area contributed by atoms with Gasteiger partial charge in [-0.25, -0.2) is 4.98 Å². The van der Waals surface area contributed by atoms with Gasteiger partial charge in [0.15, 0.2) is 0 Å². The summed E-state index contributed by atoms with van der Waals surface area (Å²) in [6.07, 6.45) is 1.99. The zero-order valence-corrected chi connectivity index (χ0v) is 14.2. The molecular weight excluding hydrogens is 246 g/mol. The molecule has 3 nitrogen and oxygen atoms in total. The number of hydrogen-bond donors (Lipinski definition) is 1. The number of rotatable bonds is 6. The molecule has 0 aromatic carbocycles. The molecule has 3 heteroatoms. The zero-order chi connectivity index (χ0) is 15.3. The standard InChI is InChI=1S/C17H31N3/c1-13(2)12-20(14(3)4)16-9-8-15(10-18-16)11-19-17(5,6)7/h8-10,13-14,19H,11-12H2,1-7H3. The molecule has 0 bridgehead atoms. The SMILES string of the molecule is CC(C)CN(c1ccc(CNC(C)(C)C)cn1)C(C)C. The smallest absolute Gasteiger partial charge is 0.128 e. The highest BCUT2D eigenvalue weighted by Gasteiger charge is 2.14. The highest BCUT2D eigenvalue weighted by atomic mass is 15.2. The number of nitrogens with zero attached hydrogens (tertiary/aromatic N) is 2. The van der Waals surface area contributed by atoms with E-state index in [9.17, 15) is 0 Å². The fraction of sp³-hybridized carbons (Fsp3) is 0.706. The lowest BCUT2D eigenvalue weighted by atomic mass is 10.1. The van der Waals surface area contributed by atoms with Gasteiger partial charge in [0.2, 0.25) is 0 Å². The Bertz CT molecular complexity index is 388. The van der Waals surface area contributed by atoms with Gasteiger partial charge in [0.25, 0.3) is 0 Å². The second kappa shape index (κ2) is 7.07. The zero-order valence-electron chi connectivity index (χ0n) is 14.2. The van der Waals surface area contributed by atoms with Gasteiger partial charge in [-0.05, 0) is 52.2 Å². The van der Waals surface area contributed by atoms with E-state index in [-0.39, 0.29) is 5.54 Å². The second-order valence-electron chi connectivity index (χ2n) is 7.27. The Morgan fingerprint density at radius 3 is 2.20 bits per heavy atom. The number of aromatic nitrogens is 1. The molecule has 1 rings (SSSR count). The van der Waals surface area contributed by atoms with E-state index in [1.54, 1.807) is 0 Å². The summed E-state index contributed by atoms with van der Waals surface area (Å²) in [6, 6.07) is 4.79. The van der Waals surface area contributed by atoms with Crippen LogP contribution in [0, 0.1) is 5.92 Å². The van der Waals surface area contributed by atoms with Crippen LogP contribution >= 0.6 is 0 Å². The van der Waals surface area contributed by atoms with Crippen LogP contribution in [0.25, 0.3) is 0 Å². The third-order valence-corrected chi connectivity index (χ3v) is 3.11. The summed E-state index contributed by atoms with van der Waals surface area (Å²) < 4.78 is 0. The molecule has 20 heavy (non-hydrogen) atoms. The van der Waals surface area contributed by atoms with Crippen LogP contribution in [0.15, 0.2) is 18.3 Å². The predicted octanol–water partition coefficient (Wildman–Crippen LogP) is 3.84. The van der Waals surface area contributed by atoms with Crippen LogP contribution in [0.3, 0.4) is 0 Å². The molecule has 0 spiro atoms. The van der Waals surface area contributed by atoms with Crippen molar-refractivity contribution in [1.29, 1.82) is 0 Å². The Morgan fingerprint density at radius 1 is 1.15 bits per heavy atom. The van der Waals surface area contributed by atoms with Gasteiger partial charge < -0.3 is 10.2 Å². The average Bonchev–Trinajstić information content (AvgIpc) is 2.33. The monoisotopic (exact) mass is 277 g/mol. The summed E-state index contributed by atoms with van der Waals surface area (Å²) in [4.78, 5) is 7.01. The van der Waals surface area contributed by atoms with Gasteiger partial charge in [-0.1, -0.05) is 19.9 Å². The molecule has 0 saturated carbocycles. The Labute approximate surface area is 124 Å². The van der Waals surface area contributed by atoms with Gasteiger partial charge in [0, 0.05) is 30.9 Å². The summed E-state index contributed by atoms with van der Waals surface area (Å²) in [5, 5.41) is 3.49. The van der Waals surface area contributed by atoms with Gasteiger partial charge in [-0.15, -0.1) is 0 Å². The third-order valence-electron chi connectivity index (χ3n) is 3.11. The van der Waals surface area contributed by atoms with Gasteiger partial charge in [0.1, 0.15) is 5.82 Å². The minimum absolute atomic E-state index is 0.139. The van der Waals surface area contributed by atoms with Crippen molar-refractivity contribution in [2.75, 3.05) is 11.4 Å². The van der Waals surface area contributed by atoms with E-state index in [0.717, 1.165) is 18.9 Å². The molecule has 0 radical (unpaired) electrons. The topological polar surface area (TPSA) is 28.2 Å². The van der Waals surface area contributed by atoms with E-state index >= 15 is 0 Å². The lowest BCUT2D eigenvalue weighted by Crippen LogP contribution is -2.35. The first-order valence-corrected chi connectivity index (χ1v) is 7.65. The molecule has 0 unspecified atom stereocenters. The van der Waals surface area contributed by atoms with Crippen LogP contribution in [0.5, 0.6) is 0 Å². The average molecular weight is 277 g/mol. The van der Waals surface area contributed by atoms with Crippen LogP contribution in [0.1, 0.15) is 54.0 Å². The molecule has 1 heterocycles. The predicted molar refractivity (Wildman–Crippen MR) is 88.1 cm³/mol. The van der Waals surface area contributed by atoms with Gasteiger partial charge >= 0.3 is 0 Å². The van der Waals surface area contributed by atoms with E-state index in [1.165, 1.54) is 5.56 Å². The van der Waals surface area contributed by atoms with E-state index in [0.29, 0.717) is 12.0 Å². The first kappa shape index (κ1) is 17.0. The minimum Gasteiger partial charge on any atom is -0.354 e. The quantitative estimate of drug-likeness (QED) is 0.856. The minimum atomic E-state index is 0.139. The molecule has 114 valence electrons. The number of hydrogen-bond acceptors (Lipinski definition) is 3. The van der Waals surface area contributed by atoms with Crippen molar-refractivity contribution >= 4 is 5.82 Å². The molecule has 1 N–H and O–H groups in total. The molecule has 0 aliphatic carbocycles. The lowest BCUT2D eigenvalue weighted by Gasteiger charge is -2.29. The molecule has 0 saturated heterocycles. The van der Waals surface area contributed by atoms with E-state index in [1.807, 2.05) is 6.20 Å². The van der Waals surface area contributed by atoms with E-state index in [2.05, 4.69) is 75.8 Å². The largest absolute Gasteiger partial charge is 0.354 e. The van der Waals surface area contributed by atoms with Crippen molar-refractivity contribution in [2.24, 2.45) is 5.92 Å². The van der Waals surface area contributed by atoms with Crippen molar-refractivity contribution in [3.8, 4) is 0 Å². The Morgan fingerprint density at radius 2 is 1.80 bits per heavy atom. The Kier molecular flexibility index (Phi) is 6.00. The normalized spacial score (nSPS) is 12.2. The second-order valence-corrected chi connectivity index (χ2v) is 7.27. The molecule has 1 aromatic rings. The Balaban J connectivity index is 2.73. The fourth-order valence-corrected chi connectivity index (χ4v) is 2.02. The van der Waals surface area contributed by atoms with Gasteiger partial charge in [-0.2, -0.15) is 0 Å². The highest BCUT2D eigenvalue weighted by Crippen LogP contribution is 2.16. The molecule has 1 aromatic heterocycles.